The van der Waals surface area contributed by atoms with Gasteiger partial charge in [0, 0.05) is 0 Å². The fourth-order valence-electron chi connectivity index (χ4n) is 4.96. The smallest absolute Gasteiger partial charge is 0.140 e. The van der Waals surface area contributed by atoms with Crippen molar-refractivity contribution in [1.29, 1.82) is 0 Å². The van der Waals surface area contributed by atoms with Gasteiger partial charge in [0.15, 0.2) is 0 Å². The quantitative estimate of drug-likeness (QED) is 0.561. The van der Waals surface area contributed by atoms with E-state index in [9.17, 15) is 4.79 Å². The van der Waals surface area contributed by atoms with Gasteiger partial charge in [0.25, 0.3) is 0 Å². The zero-order valence-corrected chi connectivity index (χ0v) is 15.8. The topological polar surface area (TPSA) is 17.1 Å². The van der Waals surface area contributed by atoms with Crippen molar-refractivity contribution < 1.29 is 4.79 Å². The van der Waals surface area contributed by atoms with Gasteiger partial charge < -0.3 is 0 Å². The molecular formula is C22H36O. The van der Waals surface area contributed by atoms with Crippen LogP contribution in [-0.4, -0.2) is 5.78 Å². The maximum absolute atomic E-state index is 12.7. The van der Waals surface area contributed by atoms with Gasteiger partial charge in [-0.3, -0.25) is 4.79 Å². The molecule has 0 radical (unpaired) electrons. The third-order valence-electron chi connectivity index (χ3n) is 6.41. The number of hydrogen-bond acceptors (Lipinski definition) is 1. The second-order valence-electron chi connectivity index (χ2n) is 8.03. The van der Waals surface area contributed by atoms with E-state index in [-0.39, 0.29) is 5.41 Å². The second kappa shape index (κ2) is 8.31. The third kappa shape index (κ3) is 3.98. The maximum Gasteiger partial charge on any atom is 0.140 e. The van der Waals surface area contributed by atoms with Gasteiger partial charge in [-0.15, -0.1) is 0 Å². The molecule has 2 rings (SSSR count). The van der Waals surface area contributed by atoms with Gasteiger partial charge >= 0.3 is 0 Å². The Labute approximate surface area is 143 Å². The number of Topliss-reactive ketones (excluding diaryl/α,β-unsaturated/α-hetero) is 1. The predicted octanol–water partition coefficient (Wildman–Crippen LogP) is 6.78. The Kier molecular flexibility index (Phi) is 6.68. The van der Waals surface area contributed by atoms with E-state index in [1.54, 1.807) is 11.1 Å². The number of hydrogen-bond donors (Lipinski definition) is 0. The van der Waals surface area contributed by atoms with Crippen molar-refractivity contribution in [2.24, 2.45) is 11.3 Å². The average Bonchev–Trinajstić information content (AvgIpc) is 2.44. The van der Waals surface area contributed by atoms with Crippen molar-refractivity contribution in [3.8, 4) is 0 Å². The first-order valence-corrected chi connectivity index (χ1v) is 9.91. The summed E-state index contributed by atoms with van der Waals surface area (Å²) in [4.78, 5) is 12.7. The molecule has 0 aromatic heterocycles. The van der Waals surface area contributed by atoms with E-state index in [4.69, 9.17) is 0 Å². The van der Waals surface area contributed by atoms with Gasteiger partial charge in [0.2, 0.25) is 0 Å². The highest BCUT2D eigenvalue weighted by Crippen LogP contribution is 2.47. The summed E-state index contributed by atoms with van der Waals surface area (Å²) >= 11 is 0. The van der Waals surface area contributed by atoms with Crippen molar-refractivity contribution >= 4 is 5.78 Å². The van der Waals surface area contributed by atoms with E-state index in [2.05, 4.69) is 26.8 Å². The van der Waals surface area contributed by atoms with E-state index in [1.165, 1.54) is 69.8 Å². The van der Waals surface area contributed by atoms with Crippen LogP contribution in [0.15, 0.2) is 22.8 Å². The molecule has 2 aliphatic rings. The highest BCUT2D eigenvalue weighted by Gasteiger charge is 2.41. The highest BCUT2D eigenvalue weighted by atomic mass is 16.1. The molecule has 0 amide bonds. The average molecular weight is 317 g/mol. The molecular weight excluding hydrogens is 280 g/mol. The van der Waals surface area contributed by atoms with Gasteiger partial charge in [-0.2, -0.15) is 0 Å². The second-order valence-corrected chi connectivity index (χ2v) is 8.03. The van der Waals surface area contributed by atoms with Crippen LogP contribution in [0.5, 0.6) is 0 Å². The Morgan fingerprint density at radius 3 is 2.35 bits per heavy atom. The molecule has 0 saturated heterocycles. The highest BCUT2D eigenvalue weighted by molar-refractivity contribution is 5.86. The molecule has 0 spiro atoms. The van der Waals surface area contributed by atoms with Gasteiger partial charge in [0.1, 0.15) is 5.78 Å². The zero-order chi connectivity index (χ0) is 16.9. The molecule has 2 aliphatic carbocycles. The largest absolute Gasteiger partial charge is 0.299 e. The van der Waals surface area contributed by atoms with Crippen LogP contribution < -0.4 is 0 Å². The maximum atomic E-state index is 12.7. The lowest BCUT2D eigenvalue weighted by Gasteiger charge is -2.40. The number of rotatable bonds is 3. The lowest BCUT2D eigenvalue weighted by Crippen LogP contribution is -2.37. The van der Waals surface area contributed by atoms with E-state index in [1.807, 2.05) is 6.92 Å². The predicted molar refractivity (Wildman–Crippen MR) is 99.5 cm³/mol. The summed E-state index contributed by atoms with van der Waals surface area (Å²) < 4.78 is 0. The Balaban J connectivity index is 2.50. The van der Waals surface area contributed by atoms with Crippen molar-refractivity contribution in [3.63, 3.8) is 0 Å². The minimum absolute atomic E-state index is 0.223. The molecule has 0 heterocycles. The van der Waals surface area contributed by atoms with Crippen LogP contribution in [0.1, 0.15) is 98.3 Å². The normalized spacial score (nSPS) is 27.8. The number of carbonyl (C=O) groups excluding carboxylic acids is 1. The summed E-state index contributed by atoms with van der Waals surface area (Å²) in [6, 6.07) is 0. The van der Waals surface area contributed by atoms with E-state index in [0.717, 1.165) is 6.42 Å². The van der Waals surface area contributed by atoms with Gasteiger partial charge in [0.05, 0.1) is 5.41 Å². The van der Waals surface area contributed by atoms with Crippen molar-refractivity contribution in [3.05, 3.63) is 22.8 Å². The first-order valence-electron chi connectivity index (χ1n) is 9.91. The summed E-state index contributed by atoms with van der Waals surface area (Å²) in [5.41, 5.74) is 4.32. The van der Waals surface area contributed by atoms with Crippen molar-refractivity contribution in [2.75, 3.05) is 0 Å². The van der Waals surface area contributed by atoms with Crippen LogP contribution in [0, 0.1) is 11.3 Å². The molecule has 0 saturated carbocycles. The van der Waals surface area contributed by atoms with E-state index in [0.29, 0.717) is 11.7 Å². The Morgan fingerprint density at radius 2 is 1.65 bits per heavy atom. The van der Waals surface area contributed by atoms with Crippen LogP contribution in [-0.2, 0) is 4.79 Å². The number of carbonyl (C=O) groups is 1. The van der Waals surface area contributed by atoms with Gasteiger partial charge in [-0.1, -0.05) is 51.2 Å². The Morgan fingerprint density at radius 1 is 1.00 bits per heavy atom. The first-order chi connectivity index (χ1) is 11.0. The summed E-state index contributed by atoms with van der Waals surface area (Å²) in [5, 5.41) is 0. The summed E-state index contributed by atoms with van der Waals surface area (Å²) in [7, 11) is 0. The van der Waals surface area contributed by atoms with Crippen molar-refractivity contribution in [2.45, 2.75) is 98.3 Å². The molecule has 0 aliphatic heterocycles. The molecule has 1 heteroatoms. The van der Waals surface area contributed by atoms with Crippen LogP contribution in [0.4, 0.5) is 0 Å². The molecule has 0 aromatic carbocycles. The Bertz CT molecular complexity index is 480. The van der Waals surface area contributed by atoms with Crippen LogP contribution in [0.25, 0.3) is 0 Å². The molecule has 1 nitrogen and oxygen atoms in total. The lowest BCUT2D eigenvalue weighted by molar-refractivity contribution is -0.127. The van der Waals surface area contributed by atoms with Crippen molar-refractivity contribution in [1.82, 2.24) is 0 Å². The minimum Gasteiger partial charge on any atom is -0.299 e. The molecule has 130 valence electrons. The van der Waals surface area contributed by atoms with Crippen LogP contribution in [0.2, 0.25) is 0 Å². The molecule has 0 aromatic rings. The standard InChI is InChI=1S/C22H36O/c1-17(2)22(19(4)23)16-12-8-11-15-21(18(22)3)20-13-9-6-5-7-10-14-20/h13,17H,5-12,14-16H2,1-4H3. The van der Waals surface area contributed by atoms with E-state index < -0.39 is 0 Å². The SMILES string of the molecule is CC(=O)C1(C(C)C)CCCCCC(C2=CCCCCCC2)=C1C. The molecule has 0 fully saturated rings. The molecule has 1 unspecified atom stereocenters. The number of ketones is 1. The molecule has 1 atom stereocenters. The van der Waals surface area contributed by atoms with Gasteiger partial charge in [-0.25, -0.2) is 0 Å². The first kappa shape index (κ1) is 18.5. The summed E-state index contributed by atoms with van der Waals surface area (Å²) in [5.74, 6) is 0.776. The van der Waals surface area contributed by atoms with Crippen LogP contribution in [0.3, 0.4) is 0 Å². The van der Waals surface area contributed by atoms with Gasteiger partial charge in [-0.05, 0) is 75.9 Å². The fourth-order valence-corrected chi connectivity index (χ4v) is 4.96. The number of allylic oxidation sites excluding steroid dienone is 4. The fraction of sp³-hybridized carbons (Fsp3) is 0.773. The molecule has 23 heavy (non-hydrogen) atoms. The summed E-state index contributed by atoms with van der Waals surface area (Å²) in [6.07, 6.45) is 16.3. The zero-order valence-electron chi connectivity index (χ0n) is 15.8. The van der Waals surface area contributed by atoms with Crippen LogP contribution >= 0.6 is 0 Å². The lowest BCUT2D eigenvalue weighted by atomic mass is 9.63. The third-order valence-corrected chi connectivity index (χ3v) is 6.41. The summed E-state index contributed by atoms with van der Waals surface area (Å²) in [6.45, 7) is 8.60. The Hall–Kier alpha value is -0.850. The monoisotopic (exact) mass is 316 g/mol. The molecule has 0 N–H and O–H groups in total. The van der Waals surface area contributed by atoms with E-state index >= 15 is 0 Å². The minimum atomic E-state index is -0.223. The molecule has 0 bridgehead atoms.